The smallest absolute Gasteiger partial charge is 0.127 e. The van der Waals surface area contributed by atoms with Crippen molar-refractivity contribution in [3.8, 4) is 6.07 Å². The number of rotatable bonds is 3. The fraction of sp³-hybridized carbons (Fsp3) is 0.538. The first-order chi connectivity index (χ1) is 8.35. The number of pyridine rings is 1. The van der Waals surface area contributed by atoms with Gasteiger partial charge < -0.3 is 5.32 Å². The zero-order valence-electron chi connectivity index (χ0n) is 9.76. The van der Waals surface area contributed by atoms with E-state index in [2.05, 4.69) is 21.3 Å². The van der Waals surface area contributed by atoms with Crippen molar-refractivity contribution >= 4 is 5.82 Å². The Morgan fingerprint density at radius 2 is 2.29 bits per heavy atom. The minimum Gasteiger partial charge on any atom is -0.366 e. The Morgan fingerprint density at radius 3 is 3.06 bits per heavy atom. The van der Waals surface area contributed by atoms with Crippen LogP contribution in [0, 0.1) is 11.3 Å². The molecule has 0 bridgehead atoms. The predicted molar refractivity (Wildman–Crippen MR) is 65.6 cm³/mol. The van der Waals surface area contributed by atoms with Crippen molar-refractivity contribution in [1.29, 1.82) is 5.26 Å². The molecule has 1 aromatic rings. The van der Waals surface area contributed by atoms with Crippen LogP contribution in [-0.2, 0) is 0 Å². The number of hydrogen-bond acceptors (Lipinski definition) is 4. The van der Waals surface area contributed by atoms with Gasteiger partial charge in [-0.1, -0.05) is 0 Å². The molecule has 2 aliphatic rings. The van der Waals surface area contributed by atoms with Crippen LogP contribution in [-0.4, -0.2) is 35.1 Å². The monoisotopic (exact) mass is 228 g/mol. The zero-order valence-corrected chi connectivity index (χ0v) is 9.76. The van der Waals surface area contributed by atoms with Crippen molar-refractivity contribution in [3.05, 3.63) is 23.9 Å². The molecule has 1 aliphatic heterocycles. The van der Waals surface area contributed by atoms with E-state index in [1.807, 2.05) is 6.07 Å². The second kappa shape index (κ2) is 4.34. The van der Waals surface area contributed by atoms with Crippen molar-refractivity contribution < 1.29 is 0 Å². The summed E-state index contributed by atoms with van der Waals surface area (Å²) < 4.78 is 0. The van der Waals surface area contributed by atoms with E-state index in [0.29, 0.717) is 11.6 Å². The number of hydrogen-bond donors (Lipinski definition) is 1. The number of nitrogens with one attached hydrogen (secondary N) is 1. The summed E-state index contributed by atoms with van der Waals surface area (Å²) in [6, 6.07) is 7.02. The maximum atomic E-state index is 8.83. The minimum absolute atomic E-state index is 0.483. The molecule has 1 unspecified atom stereocenters. The molecule has 1 saturated heterocycles. The van der Waals surface area contributed by atoms with Crippen molar-refractivity contribution in [2.24, 2.45) is 0 Å². The average Bonchev–Trinajstić information content (AvgIpc) is 3.11. The lowest BCUT2D eigenvalue weighted by molar-refractivity contribution is 0.326. The third-order valence-corrected chi connectivity index (χ3v) is 3.52. The van der Waals surface area contributed by atoms with Gasteiger partial charge in [-0.25, -0.2) is 4.98 Å². The molecule has 4 heteroatoms. The van der Waals surface area contributed by atoms with Crippen LogP contribution in [0.1, 0.15) is 24.8 Å². The molecule has 1 aliphatic carbocycles. The summed E-state index contributed by atoms with van der Waals surface area (Å²) in [4.78, 5) is 6.82. The van der Waals surface area contributed by atoms with E-state index in [1.165, 1.54) is 25.8 Å². The highest BCUT2D eigenvalue weighted by molar-refractivity contribution is 5.43. The lowest BCUT2D eigenvalue weighted by atomic mass is 10.2. The fourth-order valence-electron chi connectivity index (χ4n) is 2.46. The molecule has 1 saturated carbocycles. The van der Waals surface area contributed by atoms with Gasteiger partial charge in [0.05, 0.1) is 11.6 Å². The van der Waals surface area contributed by atoms with Crippen molar-refractivity contribution in [2.75, 3.05) is 18.4 Å². The summed E-state index contributed by atoms with van der Waals surface area (Å²) in [7, 11) is 0. The maximum absolute atomic E-state index is 8.83. The summed E-state index contributed by atoms with van der Waals surface area (Å²) in [6.07, 6.45) is 5.60. The molecule has 3 rings (SSSR count). The number of nitrogens with zero attached hydrogens (tertiary/aromatic N) is 3. The molecule has 2 heterocycles. The lowest BCUT2D eigenvalue weighted by Crippen LogP contribution is -2.27. The number of nitriles is 1. The van der Waals surface area contributed by atoms with Gasteiger partial charge in [0, 0.05) is 31.4 Å². The first-order valence-electron chi connectivity index (χ1n) is 6.22. The van der Waals surface area contributed by atoms with E-state index in [-0.39, 0.29) is 0 Å². The lowest BCUT2D eigenvalue weighted by Gasteiger charge is -2.16. The minimum atomic E-state index is 0.483. The predicted octanol–water partition coefficient (Wildman–Crippen LogP) is 1.60. The molecule has 0 aromatic carbocycles. The van der Waals surface area contributed by atoms with Gasteiger partial charge >= 0.3 is 0 Å². The van der Waals surface area contributed by atoms with E-state index in [4.69, 9.17) is 5.26 Å². The largest absolute Gasteiger partial charge is 0.366 e. The Hall–Kier alpha value is -1.60. The van der Waals surface area contributed by atoms with Gasteiger partial charge in [-0.05, 0) is 31.4 Å². The Labute approximate surface area is 101 Å². The van der Waals surface area contributed by atoms with Crippen molar-refractivity contribution in [3.63, 3.8) is 0 Å². The van der Waals surface area contributed by atoms with Gasteiger partial charge in [-0.3, -0.25) is 4.90 Å². The van der Waals surface area contributed by atoms with Crippen LogP contribution in [0.4, 0.5) is 5.82 Å². The van der Waals surface area contributed by atoms with Crippen LogP contribution in [0.15, 0.2) is 18.3 Å². The molecule has 88 valence electrons. The second-order valence-corrected chi connectivity index (χ2v) is 4.90. The first kappa shape index (κ1) is 10.5. The Kier molecular flexibility index (Phi) is 2.69. The third kappa shape index (κ3) is 2.40. The van der Waals surface area contributed by atoms with Crippen LogP contribution in [0.3, 0.4) is 0 Å². The Balaban J connectivity index is 1.61. The van der Waals surface area contributed by atoms with Crippen LogP contribution < -0.4 is 5.32 Å². The highest BCUT2D eigenvalue weighted by atomic mass is 15.2. The molecule has 17 heavy (non-hydrogen) atoms. The van der Waals surface area contributed by atoms with E-state index >= 15 is 0 Å². The van der Waals surface area contributed by atoms with Gasteiger partial charge in [0.25, 0.3) is 0 Å². The van der Waals surface area contributed by atoms with Gasteiger partial charge in [0.2, 0.25) is 0 Å². The summed E-state index contributed by atoms with van der Waals surface area (Å²) in [5.41, 5.74) is 0.666. The standard InChI is InChI=1S/C13H16N4/c14-8-10-3-5-15-13(7-10)16-11-4-6-17(9-11)12-1-2-12/h3,5,7,11-12H,1-2,4,6,9H2,(H,15,16). The van der Waals surface area contributed by atoms with E-state index in [1.54, 1.807) is 12.3 Å². The van der Waals surface area contributed by atoms with Crippen LogP contribution in [0.25, 0.3) is 0 Å². The molecular weight excluding hydrogens is 212 g/mol. The quantitative estimate of drug-likeness (QED) is 0.853. The molecule has 2 fully saturated rings. The molecule has 0 spiro atoms. The zero-order chi connectivity index (χ0) is 11.7. The molecule has 1 aromatic heterocycles. The van der Waals surface area contributed by atoms with Crippen molar-refractivity contribution in [2.45, 2.75) is 31.3 Å². The fourth-order valence-corrected chi connectivity index (χ4v) is 2.46. The topological polar surface area (TPSA) is 52.0 Å². The summed E-state index contributed by atoms with van der Waals surface area (Å²) in [5, 5.41) is 12.3. The van der Waals surface area contributed by atoms with Gasteiger partial charge in [-0.2, -0.15) is 5.26 Å². The van der Waals surface area contributed by atoms with E-state index in [9.17, 15) is 0 Å². The summed E-state index contributed by atoms with van der Waals surface area (Å²) in [5.74, 6) is 0.826. The van der Waals surface area contributed by atoms with Gasteiger partial charge in [0.15, 0.2) is 0 Å². The van der Waals surface area contributed by atoms with Crippen LogP contribution >= 0.6 is 0 Å². The van der Waals surface area contributed by atoms with Gasteiger partial charge in [0.1, 0.15) is 5.82 Å². The summed E-state index contributed by atoms with van der Waals surface area (Å²) >= 11 is 0. The third-order valence-electron chi connectivity index (χ3n) is 3.52. The average molecular weight is 228 g/mol. The molecule has 1 atom stereocenters. The number of likely N-dealkylation sites (tertiary alicyclic amines) is 1. The van der Waals surface area contributed by atoms with E-state index < -0.39 is 0 Å². The van der Waals surface area contributed by atoms with Gasteiger partial charge in [-0.15, -0.1) is 0 Å². The summed E-state index contributed by atoms with van der Waals surface area (Å²) in [6.45, 7) is 2.31. The van der Waals surface area contributed by atoms with E-state index in [0.717, 1.165) is 18.4 Å². The number of aromatic nitrogens is 1. The second-order valence-electron chi connectivity index (χ2n) is 4.90. The van der Waals surface area contributed by atoms with Crippen LogP contribution in [0.5, 0.6) is 0 Å². The molecule has 4 nitrogen and oxygen atoms in total. The molecular formula is C13H16N4. The SMILES string of the molecule is N#Cc1ccnc(NC2CCN(C3CC3)C2)c1. The van der Waals surface area contributed by atoms with Crippen molar-refractivity contribution in [1.82, 2.24) is 9.88 Å². The highest BCUT2D eigenvalue weighted by Crippen LogP contribution is 2.30. The van der Waals surface area contributed by atoms with Crippen LogP contribution in [0.2, 0.25) is 0 Å². The molecule has 0 amide bonds. The normalized spacial score (nSPS) is 24.5. The maximum Gasteiger partial charge on any atom is 0.127 e. The number of anilines is 1. The molecule has 1 N–H and O–H groups in total. The Morgan fingerprint density at radius 1 is 1.41 bits per heavy atom. The Bertz CT molecular complexity index is 447. The molecule has 0 radical (unpaired) electrons. The highest BCUT2D eigenvalue weighted by Gasteiger charge is 2.34. The first-order valence-corrected chi connectivity index (χ1v) is 6.22.